The number of carbonyl (C=O) groups excluding carboxylic acids is 2. The smallest absolute Gasteiger partial charge is 0.310 e. The Morgan fingerprint density at radius 2 is 2.30 bits per heavy atom. The summed E-state index contributed by atoms with van der Waals surface area (Å²) in [6, 6.07) is 0. The first-order valence-corrected chi connectivity index (χ1v) is 7.00. The number of piperidine rings is 1. The Labute approximate surface area is 122 Å². The topological polar surface area (TPSA) is 72.6 Å². The SMILES string of the molecule is CCOC(=O)[C@@H]1CCCN(C(=O)c2onc(C)c2Cl)C1. The quantitative estimate of drug-likeness (QED) is 0.799. The molecule has 0 bridgehead atoms. The van der Waals surface area contributed by atoms with Crippen LogP contribution < -0.4 is 0 Å². The molecule has 1 fully saturated rings. The largest absolute Gasteiger partial charge is 0.466 e. The zero-order chi connectivity index (χ0) is 14.7. The van der Waals surface area contributed by atoms with Crippen LogP contribution in [0, 0.1) is 12.8 Å². The van der Waals surface area contributed by atoms with Gasteiger partial charge in [0.1, 0.15) is 5.02 Å². The van der Waals surface area contributed by atoms with Crippen molar-refractivity contribution in [3.05, 3.63) is 16.5 Å². The van der Waals surface area contributed by atoms with Gasteiger partial charge in [-0.3, -0.25) is 9.59 Å². The van der Waals surface area contributed by atoms with Crippen molar-refractivity contribution in [2.24, 2.45) is 5.92 Å². The highest BCUT2D eigenvalue weighted by Crippen LogP contribution is 2.24. The van der Waals surface area contributed by atoms with Gasteiger partial charge in [-0.25, -0.2) is 0 Å². The third-order valence-electron chi connectivity index (χ3n) is 3.31. The van der Waals surface area contributed by atoms with Gasteiger partial charge < -0.3 is 14.2 Å². The fraction of sp³-hybridized carbons (Fsp3) is 0.615. The average Bonchev–Trinajstić information content (AvgIpc) is 2.79. The van der Waals surface area contributed by atoms with Gasteiger partial charge in [-0.2, -0.15) is 0 Å². The number of aryl methyl sites for hydroxylation is 1. The fourth-order valence-electron chi connectivity index (χ4n) is 2.25. The zero-order valence-electron chi connectivity index (χ0n) is 11.5. The molecular formula is C13H17ClN2O4. The van der Waals surface area contributed by atoms with E-state index >= 15 is 0 Å². The minimum absolute atomic E-state index is 0.0358. The molecule has 0 spiro atoms. The highest BCUT2D eigenvalue weighted by atomic mass is 35.5. The summed E-state index contributed by atoms with van der Waals surface area (Å²) >= 11 is 5.98. The first-order valence-electron chi connectivity index (χ1n) is 6.62. The van der Waals surface area contributed by atoms with Gasteiger partial charge in [-0.1, -0.05) is 16.8 Å². The normalized spacial score (nSPS) is 18.9. The van der Waals surface area contributed by atoms with Gasteiger partial charge in [0.05, 0.1) is 18.2 Å². The van der Waals surface area contributed by atoms with Crippen LogP contribution in [0.15, 0.2) is 4.52 Å². The highest BCUT2D eigenvalue weighted by molar-refractivity contribution is 6.33. The molecule has 2 rings (SSSR count). The second-order valence-electron chi connectivity index (χ2n) is 4.75. The minimum Gasteiger partial charge on any atom is -0.466 e. The van der Waals surface area contributed by atoms with Crippen molar-refractivity contribution >= 4 is 23.5 Å². The number of halogens is 1. The van der Waals surface area contributed by atoms with Gasteiger partial charge in [0.25, 0.3) is 5.91 Å². The molecule has 0 radical (unpaired) electrons. The van der Waals surface area contributed by atoms with E-state index in [1.165, 1.54) is 0 Å². The number of amides is 1. The number of carbonyl (C=O) groups is 2. The molecule has 0 unspecified atom stereocenters. The summed E-state index contributed by atoms with van der Waals surface area (Å²) in [5.74, 6) is -0.835. The van der Waals surface area contributed by atoms with Gasteiger partial charge in [0.2, 0.25) is 5.76 Å². The molecule has 110 valence electrons. The average molecular weight is 301 g/mol. The molecule has 6 nitrogen and oxygen atoms in total. The minimum atomic E-state index is -0.329. The van der Waals surface area contributed by atoms with Crippen LogP contribution in [0.5, 0.6) is 0 Å². The van der Waals surface area contributed by atoms with Gasteiger partial charge in [-0.15, -0.1) is 0 Å². The van der Waals surface area contributed by atoms with Crippen molar-refractivity contribution < 1.29 is 18.8 Å². The summed E-state index contributed by atoms with van der Waals surface area (Å²) < 4.78 is 9.97. The first-order chi connectivity index (χ1) is 9.54. The van der Waals surface area contributed by atoms with Gasteiger partial charge >= 0.3 is 5.97 Å². The molecule has 0 aromatic carbocycles. The predicted molar refractivity (Wildman–Crippen MR) is 71.5 cm³/mol. The maximum absolute atomic E-state index is 12.3. The Morgan fingerprint density at radius 1 is 1.55 bits per heavy atom. The molecular weight excluding hydrogens is 284 g/mol. The zero-order valence-corrected chi connectivity index (χ0v) is 12.3. The van der Waals surface area contributed by atoms with Crippen LogP contribution in [0.4, 0.5) is 0 Å². The van der Waals surface area contributed by atoms with E-state index in [2.05, 4.69) is 5.16 Å². The van der Waals surface area contributed by atoms with Crippen molar-refractivity contribution in [3.63, 3.8) is 0 Å². The Balaban J connectivity index is 2.07. The van der Waals surface area contributed by atoms with Crippen molar-refractivity contribution in [1.29, 1.82) is 0 Å². The standard InChI is InChI=1S/C13H17ClN2O4/c1-3-19-13(18)9-5-4-6-16(7-9)12(17)11-10(14)8(2)15-20-11/h9H,3-7H2,1-2H3/t9-/m1/s1. The fourth-order valence-corrected chi connectivity index (χ4v) is 2.40. The van der Waals surface area contributed by atoms with Crippen molar-refractivity contribution in [2.75, 3.05) is 19.7 Å². The first kappa shape index (κ1) is 14.8. The van der Waals surface area contributed by atoms with Gasteiger partial charge in [0.15, 0.2) is 0 Å². The van der Waals surface area contributed by atoms with Crippen LogP contribution in [0.2, 0.25) is 5.02 Å². The molecule has 1 aliphatic rings. The lowest BCUT2D eigenvalue weighted by Gasteiger charge is -2.30. The number of nitrogens with zero attached hydrogens (tertiary/aromatic N) is 2. The van der Waals surface area contributed by atoms with E-state index in [0.29, 0.717) is 25.4 Å². The molecule has 1 atom stereocenters. The van der Waals surface area contributed by atoms with Crippen LogP contribution in [0.25, 0.3) is 0 Å². The number of ether oxygens (including phenoxy) is 1. The van der Waals surface area contributed by atoms with E-state index in [1.807, 2.05) is 0 Å². The molecule has 1 aromatic heterocycles. The van der Waals surface area contributed by atoms with E-state index in [-0.39, 0.29) is 28.6 Å². The van der Waals surface area contributed by atoms with Crippen LogP contribution in [0.1, 0.15) is 36.0 Å². The maximum atomic E-state index is 12.3. The van der Waals surface area contributed by atoms with E-state index in [4.69, 9.17) is 20.9 Å². The van der Waals surface area contributed by atoms with Crippen molar-refractivity contribution in [3.8, 4) is 0 Å². The van der Waals surface area contributed by atoms with Crippen molar-refractivity contribution in [2.45, 2.75) is 26.7 Å². The lowest BCUT2D eigenvalue weighted by Crippen LogP contribution is -2.42. The Kier molecular flexibility index (Phi) is 4.65. The molecule has 0 aliphatic carbocycles. The second-order valence-corrected chi connectivity index (χ2v) is 5.13. The monoisotopic (exact) mass is 300 g/mol. The number of hydrogen-bond donors (Lipinski definition) is 0. The summed E-state index contributed by atoms with van der Waals surface area (Å²) in [7, 11) is 0. The predicted octanol–water partition coefficient (Wildman–Crippen LogP) is 2.05. The number of rotatable bonds is 3. The summed E-state index contributed by atoms with van der Waals surface area (Å²) in [5.41, 5.74) is 0.481. The van der Waals surface area contributed by atoms with E-state index < -0.39 is 0 Å². The summed E-state index contributed by atoms with van der Waals surface area (Å²) in [4.78, 5) is 25.6. The lowest BCUT2D eigenvalue weighted by atomic mass is 9.98. The van der Waals surface area contributed by atoms with E-state index in [9.17, 15) is 9.59 Å². The molecule has 1 amide bonds. The molecule has 1 aromatic rings. The lowest BCUT2D eigenvalue weighted by molar-refractivity contribution is -0.149. The highest BCUT2D eigenvalue weighted by Gasteiger charge is 2.32. The second kappa shape index (κ2) is 6.26. The van der Waals surface area contributed by atoms with Crippen LogP contribution in [0.3, 0.4) is 0 Å². The van der Waals surface area contributed by atoms with Crippen molar-refractivity contribution in [1.82, 2.24) is 10.1 Å². The Hall–Kier alpha value is -1.56. The van der Waals surface area contributed by atoms with Crippen LogP contribution in [-0.2, 0) is 9.53 Å². The summed E-state index contributed by atoms with van der Waals surface area (Å²) in [6.45, 7) is 4.68. The molecule has 0 N–H and O–H groups in total. The third-order valence-corrected chi connectivity index (χ3v) is 3.76. The molecule has 1 aliphatic heterocycles. The molecule has 2 heterocycles. The number of esters is 1. The number of likely N-dealkylation sites (tertiary alicyclic amines) is 1. The summed E-state index contributed by atoms with van der Waals surface area (Å²) in [6.07, 6.45) is 1.48. The maximum Gasteiger partial charge on any atom is 0.310 e. The van der Waals surface area contributed by atoms with Crippen LogP contribution in [-0.4, -0.2) is 41.6 Å². The van der Waals surface area contributed by atoms with Crippen LogP contribution >= 0.6 is 11.6 Å². The molecule has 1 saturated heterocycles. The molecule has 20 heavy (non-hydrogen) atoms. The third kappa shape index (κ3) is 2.95. The molecule has 0 saturated carbocycles. The Bertz CT molecular complexity index is 514. The summed E-state index contributed by atoms with van der Waals surface area (Å²) in [5, 5.41) is 3.90. The Morgan fingerprint density at radius 3 is 2.90 bits per heavy atom. The van der Waals surface area contributed by atoms with E-state index in [0.717, 1.165) is 12.8 Å². The van der Waals surface area contributed by atoms with E-state index in [1.54, 1.807) is 18.7 Å². The number of aromatic nitrogens is 1. The van der Waals surface area contributed by atoms with Gasteiger partial charge in [0, 0.05) is 13.1 Å². The number of hydrogen-bond acceptors (Lipinski definition) is 5. The van der Waals surface area contributed by atoms with Gasteiger partial charge in [-0.05, 0) is 26.7 Å². The molecule has 7 heteroatoms.